The minimum atomic E-state index is -0.0603. The summed E-state index contributed by atoms with van der Waals surface area (Å²) in [7, 11) is 0. The van der Waals surface area contributed by atoms with E-state index in [1.54, 1.807) is 0 Å². The van der Waals surface area contributed by atoms with Gasteiger partial charge < -0.3 is 5.11 Å². The Morgan fingerprint density at radius 2 is 1.91 bits per heavy atom. The highest BCUT2D eigenvalue weighted by Crippen LogP contribution is 2.23. The molecule has 2 nitrogen and oxygen atoms in total. The quantitative estimate of drug-likeness (QED) is 0.666. The monoisotopic (exact) mass is 157 g/mol. The minimum Gasteiger partial charge on any atom is -0.391 e. The molecule has 0 spiro atoms. The predicted octanol–water partition coefficient (Wildman–Crippen LogP) is 1.24. The molecule has 1 saturated carbocycles. The van der Waals surface area contributed by atoms with Crippen molar-refractivity contribution in [3.8, 4) is 0 Å². The lowest BCUT2D eigenvalue weighted by atomic mass is 10.2. The molecule has 0 bridgehead atoms. The van der Waals surface area contributed by atoms with Gasteiger partial charge in [0.2, 0.25) is 0 Å². The van der Waals surface area contributed by atoms with Crippen LogP contribution in [-0.4, -0.2) is 35.2 Å². The van der Waals surface area contributed by atoms with E-state index in [9.17, 15) is 5.11 Å². The van der Waals surface area contributed by atoms with Crippen molar-refractivity contribution in [2.45, 2.75) is 45.3 Å². The van der Waals surface area contributed by atoms with Gasteiger partial charge in [0.25, 0.3) is 0 Å². The highest BCUT2D eigenvalue weighted by Gasteiger charge is 2.28. The smallest absolute Gasteiger partial charge is 0.0695 e. The van der Waals surface area contributed by atoms with Gasteiger partial charge in [-0.15, -0.1) is 0 Å². The predicted molar refractivity (Wildman–Crippen MR) is 46.6 cm³/mol. The Bertz CT molecular complexity index is 112. The minimum absolute atomic E-state index is 0.0603. The van der Waals surface area contributed by atoms with E-state index in [0.29, 0.717) is 6.04 Å². The third kappa shape index (κ3) is 1.94. The van der Waals surface area contributed by atoms with E-state index in [1.807, 2.05) is 0 Å². The van der Waals surface area contributed by atoms with Crippen molar-refractivity contribution in [3.63, 3.8) is 0 Å². The van der Waals surface area contributed by atoms with Crippen LogP contribution in [0.5, 0.6) is 0 Å². The first kappa shape index (κ1) is 9.01. The number of aliphatic hydroxyl groups is 1. The second-order valence-corrected chi connectivity index (χ2v) is 3.29. The Balaban J connectivity index is 2.43. The summed E-state index contributed by atoms with van der Waals surface area (Å²) >= 11 is 0. The van der Waals surface area contributed by atoms with E-state index in [0.717, 1.165) is 19.5 Å². The van der Waals surface area contributed by atoms with Crippen LogP contribution in [0.15, 0.2) is 0 Å². The zero-order valence-corrected chi connectivity index (χ0v) is 7.58. The number of aliphatic hydroxyl groups excluding tert-OH is 1. The van der Waals surface area contributed by atoms with Crippen LogP contribution in [0.3, 0.4) is 0 Å². The molecule has 0 aliphatic heterocycles. The Kier molecular flexibility index (Phi) is 3.34. The fourth-order valence-electron chi connectivity index (χ4n) is 2.04. The zero-order valence-electron chi connectivity index (χ0n) is 7.58. The highest BCUT2D eigenvalue weighted by atomic mass is 16.3. The maximum atomic E-state index is 9.58. The molecule has 0 heterocycles. The summed E-state index contributed by atoms with van der Waals surface area (Å²) in [5.74, 6) is 0. The van der Waals surface area contributed by atoms with Gasteiger partial charge in [-0.05, 0) is 32.4 Å². The van der Waals surface area contributed by atoms with Crippen LogP contribution in [0.4, 0.5) is 0 Å². The lowest BCUT2D eigenvalue weighted by Gasteiger charge is -2.28. The van der Waals surface area contributed by atoms with Gasteiger partial charge in [-0.2, -0.15) is 0 Å². The lowest BCUT2D eigenvalue weighted by Crippen LogP contribution is -2.39. The fourth-order valence-corrected chi connectivity index (χ4v) is 2.04. The molecule has 1 N–H and O–H groups in total. The summed E-state index contributed by atoms with van der Waals surface area (Å²) < 4.78 is 0. The Hall–Kier alpha value is -0.0800. The van der Waals surface area contributed by atoms with E-state index >= 15 is 0 Å². The Labute approximate surface area is 69.2 Å². The van der Waals surface area contributed by atoms with Crippen LogP contribution in [0.2, 0.25) is 0 Å². The van der Waals surface area contributed by atoms with Crippen LogP contribution < -0.4 is 0 Å². The van der Waals surface area contributed by atoms with Gasteiger partial charge >= 0.3 is 0 Å². The molecule has 0 aromatic carbocycles. The molecule has 2 atom stereocenters. The SMILES string of the molecule is CCN(CC)[C@@H]1CCC[C@@H]1O. The Morgan fingerprint density at radius 1 is 1.27 bits per heavy atom. The summed E-state index contributed by atoms with van der Waals surface area (Å²) in [5, 5.41) is 9.58. The van der Waals surface area contributed by atoms with Crippen LogP contribution in [-0.2, 0) is 0 Å². The molecule has 2 heteroatoms. The third-order valence-corrected chi connectivity index (χ3v) is 2.73. The second kappa shape index (κ2) is 4.07. The molecule has 66 valence electrons. The number of nitrogens with zero attached hydrogens (tertiary/aromatic N) is 1. The summed E-state index contributed by atoms with van der Waals surface area (Å²) in [6, 6.07) is 0.449. The van der Waals surface area contributed by atoms with Crippen LogP contribution in [0.1, 0.15) is 33.1 Å². The largest absolute Gasteiger partial charge is 0.391 e. The van der Waals surface area contributed by atoms with Gasteiger partial charge in [-0.25, -0.2) is 0 Å². The van der Waals surface area contributed by atoms with Crippen LogP contribution in [0.25, 0.3) is 0 Å². The summed E-state index contributed by atoms with van der Waals surface area (Å²) in [6.07, 6.45) is 3.32. The molecular formula is C9H19NO. The maximum absolute atomic E-state index is 9.58. The first-order chi connectivity index (χ1) is 5.29. The Morgan fingerprint density at radius 3 is 2.27 bits per heavy atom. The molecular weight excluding hydrogens is 138 g/mol. The van der Waals surface area contributed by atoms with E-state index in [1.165, 1.54) is 12.8 Å². The van der Waals surface area contributed by atoms with Gasteiger partial charge in [0, 0.05) is 6.04 Å². The fraction of sp³-hybridized carbons (Fsp3) is 1.00. The lowest BCUT2D eigenvalue weighted by molar-refractivity contribution is 0.0771. The molecule has 1 fully saturated rings. The van der Waals surface area contributed by atoms with Crippen molar-refractivity contribution in [2.24, 2.45) is 0 Å². The molecule has 0 aromatic heterocycles. The van der Waals surface area contributed by atoms with Crippen molar-refractivity contribution >= 4 is 0 Å². The summed E-state index contributed by atoms with van der Waals surface area (Å²) in [5.41, 5.74) is 0. The van der Waals surface area contributed by atoms with E-state index in [4.69, 9.17) is 0 Å². The van der Waals surface area contributed by atoms with E-state index < -0.39 is 0 Å². The van der Waals surface area contributed by atoms with Crippen molar-refractivity contribution in [3.05, 3.63) is 0 Å². The van der Waals surface area contributed by atoms with Gasteiger partial charge in [-0.1, -0.05) is 13.8 Å². The van der Waals surface area contributed by atoms with E-state index in [2.05, 4.69) is 18.7 Å². The summed E-state index contributed by atoms with van der Waals surface area (Å²) in [4.78, 5) is 2.36. The van der Waals surface area contributed by atoms with Gasteiger partial charge in [-0.3, -0.25) is 4.90 Å². The third-order valence-electron chi connectivity index (χ3n) is 2.73. The molecule has 1 rings (SSSR count). The molecule has 1 aliphatic carbocycles. The normalized spacial score (nSPS) is 31.6. The number of likely N-dealkylation sites (N-methyl/N-ethyl adjacent to an activating group) is 1. The molecule has 0 aromatic rings. The maximum Gasteiger partial charge on any atom is 0.0695 e. The second-order valence-electron chi connectivity index (χ2n) is 3.29. The number of rotatable bonds is 3. The topological polar surface area (TPSA) is 23.5 Å². The van der Waals surface area contributed by atoms with Gasteiger partial charge in [0.15, 0.2) is 0 Å². The molecule has 11 heavy (non-hydrogen) atoms. The molecule has 0 unspecified atom stereocenters. The summed E-state index contributed by atoms with van der Waals surface area (Å²) in [6.45, 7) is 6.46. The zero-order chi connectivity index (χ0) is 8.27. The number of hydrogen-bond acceptors (Lipinski definition) is 2. The van der Waals surface area contributed by atoms with Crippen molar-refractivity contribution in [1.82, 2.24) is 4.90 Å². The van der Waals surface area contributed by atoms with Crippen LogP contribution >= 0.6 is 0 Å². The van der Waals surface area contributed by atoms with Gasteiger partial charge in [0.1, 0.15) is 0 Å². The average Bonchev–Trinajstić information content (AvgIpc) is 2.40. The molecule has 1 aliphatic rings. The molecule has 0 saturated heterocycles. The van der Waals surface area contributed by atoms with Crippen molar-refractivity contribution in [1.29, 1.82) is 0 Å². The molecule has 0 radical (unpaired) electrons. The first-order valence-electron chi connectivity index (χ1n) is 4.71. The van der Waals surface area contributed by atoms with Crippen molar-refractivity contribution in [2.75, 3.05) is 13.1 Å². The van der Waals surface area contributed by atoms with Crippen LogP contribution in [0, 0.1) is 0 Å². The first-order valence-corrected chi connectivity index (χ1v) is 4.71. The molecule has 0 amide bonds. The highest BCUT2D eigenvalue weighted by molar-refractivity contribution is 4.83. The average molecular weight is 157 g/mol. The standard InChI is InChI=1S/C9H19NO/c1-3-10(4-2)8-6-5-7-9(8)11/h8-9,11H,3-7H2,1-2H3/t8-,9+/m1/s1. The number of hydrogen-bond donors (Lipinski definition) is 1. The van der Waals surface area contributed by atoms with Crippen molar-refractivity contribution < 1.29 is 5.11 Å². The van der Waals surface area contributed by atoms with E-state index in [-0.39, 0.29) is 6.10 Å². The van der Waals surface area contributed by atoms with Gasteiger partial charge in [0.05, 0.1) is 6.10 Å².